The van der Waals surface area contributed by atoms with Crippen LogP contribution >= 0.6 is 0 Å². The minimum Gasteiger partial charge on any atom is -0.336 e. The molecule has 1 aromatic heterocycles. The van der Waals surface area contributed by atoms with Crippen LogP contribution in [-0.4, -0.2) is 17.8 Å². The lowest BCUT2D eigenvalue weighted by atomic mass is 9.93. The van der Waals surface area contributed by atoms with Gasteiger partial charge in [0.25, 0.3) is 5.56 Å². The molecule has 0 amide bonds. The van der Waals surface area contributed by atoms with Crippen molar-refractivity contribution in [3.8, 4) is 0 Å². The SMILES string of the molecule is Cc1c(C2CCNC2)c(=O)n(N)c2ccccc12. The summed E-state index contributed by atoms with van der Waals surface area (Å²) in [6.07, 6.45) is 1.01. The molecule has 1 saturated heterocycles. The summed E-state index contributed by atoms with van der Waals surface area (Å²) >= 11 is 0. The normalized spacial score (nSPS) is 19.5. The van der Waals surface area contributed by atoms with E-state index in [9.17, 15) is 4.79 Å². The van der Waals surface area contributed by atoms with Crippen molar-refractivity contribution < 1.29 is 0 Å². The molecule has 0 saturated carbocycles. The number of nitrogens with one attached hydrogen (secondary N) is 1. The Morgan fingerprint density at radius 3 is 2.89 bits per heavy atom. The predicted octanol–water partition coefficient (Wildman–Crippen LogP) is 1.10. The highest BCUT2D eigenvalue weighted by molar-refractivity contribution is 5.83. The summed E-state index contributed by atoms with van der Waals surface area (Å²) in [5.74, 6) is 6.23. The maximum Gasteiger partial charge on any atom is 0.272 e. The average Bonchev–Trinajstić information content (AvgIpc) is 2.90. The second-order valence-corrected chi connectivity index (χ2v) is 4.92. The fourth-order valence-electron chi connectivity index (χ4n) is 2.93. The number of aromatic nitrogens is 1. The van der Waals surface area contributed by atoms with Crippen molar-refractivity contribution in [3.05, 3.63) is 45.7 Å². The molecule has 1 atom stereocenters. The molecule has 3 N–H and O–H groups in total. The molecule has 0 aliphatic carbocycles. The lowest BCUT2D eigenvalue weighted by Crippen LogP contribution is -2.32. The Hall–Kier alpha value is -1.81. The Bertz CT molecular complexity index is 654. The zero-order valence-corrected chi connectivity index (χ0v) is 10.4. The average molecular weight is 243 g/mol. The van der Waals surface area contributed by atoms with Crippen molar-refractivity contribution >= 4 is 10.9 Å². The van der Waals surface area contributed by atoms with Gasteiger partial charge >= 0.3 is 0 Å². The number of nitrogen functional groups attached to an aromatic ring is 1. The van der Waals surface area contributed by atoms with Gasteiger partial charge in [0, 0.05) is 23.4 Å². The van der Waals surface area contributed by atoms with Gasteiger partial charge < -0.3 is 11.2 Å². The number of rotatable bonds is 1. The van der Waals surface area contributed by atoms with Gasteiger partial charge in [-0.2, -0.15) is 0 Å². The number of fused-ring (bicyclic) bond motifs is 1. The number of nitrogens with two attached hydrogens (primary N) is 1. The minimum absolute atomic E-state index is 0.0556. The van der Waals surface area contributed by atoms with Gasteiger partial charge in [-0.05, 0) is 31.5 Å². The number of benzene rings is 1. The van der Waals surface area contributed by atoms with Gasteiger partial charge in [-0.25, -0.2) is 4.68 Å². The van der Waals surface area contributed by atoms with Gasteiger partial charge in [0.2, 0.25) is 0 Å². The van der Waals surface area contributed by atoms with Crippen molar-refractivity contribution in [1.29, 1.82) is 0 Å². The van der Waals surface area contributed by atoms with Crippen LogP contribution in [0.2, 0.25) is 0 Å². The van der Waals surface area contributed by atoms with Crippen molar-refractivity contribution in [2.24, 2.45) is 0 Å². The monoisotopic (exact) mass is 243 g/mol. The number of para-hydroxylation sites is 1. The van der Waals surface area contributed by atoms with Gasteiger partial charge in [0.15, 0.2) is 0 Å². The van der Waals surface area contributed by atoms with Crippen LogP contribution in [0, 0.1) is 6.92 Å². The second kappa shape index (κ2) is 4.14. The first-order valence-electron chi connectivity index (χ1n) is 6.30. The van der Waals surface area contributed by atoms with Crippen LogP contribution in [0.25, 0.3) is 10.9 Å². The summed E-state index contributed by atoms with van der Waals surface area (Å²) in [5.41, 5.74) is 2.70. The maximum absolute atomic E-state index is 12.4. The summed E-state index contributed by atoms with van der Waals surface area (Å²) in [6.45, 7) is 3.87. The van der Waals surface area contributed by atoms with Crippen LogP contribution in [-0.2, 0) is 0 Å². The highest BCUT2D eigenvalue weighted by Gasteiger charge is 2.23. The number of hydrogen-bond acceptors (Lipinski definition) is 3. The molecule has 0 spiro atoms. The van der Waals surface area contributed by atoms with Gasteiger partial charge in [-0.15, -0.1) is 0 Å². The number of hydrogen-bond donors (Lipinski definition) is 2. The summed E-state index contributed by atoms with van der Waals surface area (Å²) in [7, 11) is 0. The first-order chi connectivity index (χ1) is 8.70. The Morgan fingerprint density at radius 2 is 2.17 bits per heavy atom. The molecule has 18 heavy (non-hydrogen) atoms. The lowest BCUT2D eigenvalue weighted by Gasteiger charge is -2.16. The van der Waals surface area contributed by atoms with Gasteiger partial charge in [-0.1, -0.05) is 18.2 Å². The van der Waals surface area contributed by atoms with E-state index in [2.05, 4.69) is 5.32 Å². The third kappa shape index (κ3) is 1.53. The van der Waals surface area contributed by atoms with Crippen LogP contribution in [0.4, 0.5) is 0 Å². The molecule has 2 heterocycles. The molecule has 1 aliphatic rings. The van der Waals surface area contributed by atoms with Crippen LogP contribution in [0.5, 0.6) is 0 Å². The third-order valence-electron chi connectivity index (χ3n) is 3.89. The van der Waals surface area contributed by atoms with E-state index in [-0.39, 0.29) is 11.5 Å². The summed E-state index contributed by atoms with van der Waals surface area (Å²) in [4.78, 5) is 12.4. The van der Waals surface area contributed by atoms with E-state index in [4.69, 9.17) is 5.84 Å². The van der Waals surface area contributed by atoms with E-state index in [0.717, 1.165) is 41.5 Å². The molecular formula is C14H17N3O. The topological polar surface area (TPSA) is 60.0 Å². The quantitative estimate of drug-likeness (QED) is 0.737. The number of aryl methyl sites for hydroxylation is 1. The molecule has 94 valence electrons. The number of nitrogens with zero attached hydrogens (tertiary/aromatic N) is 1. The Morgan fingerprint density at radius 1 is 1.39 bits per heavy atom. The molecular weight excluding hydrogens is 226 g/mol. The first kappa shape index (κ1) is 11.3. The molecule has 1 aliphatic heterocycles. The van der Waals surface area contributed by atoms with Gasteiger partial charge in [0.1, 0.15) is 0 Å². The maximum atomic E-state index is 12.4. The largest absolute Gasteiger partial charge is 0.336 e. The molecule has 0 radical (unpaired) electrons. The summed E-state index contributed by atoms with van der Waals surface area (Å²) < 4.78 is 1.29. The van der Waals surface area contributed by atoms with Gasteiger partial charge in [0.05, 0.1) is 5.52 Å². The highest BCUT2D eigenvalue weighted by Crippen LogP contribution is 2.26. The fourth-order valence-corrected chi connectivity index (χ4v) is 2.93. The molecule has 0 bridgehead atoms. The molecule has 1 unspecified atom stereocenters. The van der Waals surface area contributed by atoms with Crippen molar-refractivity contribution in [2.75, 3.05) is 18.9 Å². The van der Waals surface area contributed by atoms with Crippen LogP contribution in [0.3, 0.4) is 0 Å². The predicted molar refractivity (Wildman–Crippen MR) is 73.3 cm³/mol. The molecule has 3 rings (SSSR count). The molecule has 4 nitrogen and oxygen atoms in total. The van der Waals surface area contributed by atoms with Crippen molar-refractivity contribution in [1.82, 2.24) is 9.99 Å². The van der Waals surface area contributed by atoms with Crippen molar-refractivity contribution in [3.63, 3.8) is 0 Å². The fraction of sp³-hybridized carbons (Fsp3) is 0.357. The smallest absolute Gasteiger partial charge is 0.272 e. The van der Waals surface area contributed by atoms with E-state index >= 15 is 0 Å². The van der Waals surface area contributed by atoms with Crippen LogP contribution in [0.1, 0.15) is 23.5 Å². The first-order valence-corrected chi connectivity index (χ1v) is 6.30. The van der Waals surface area contributed by atoms with E-state index in [1.807, 2.05) is 31.2 Å². The van der Waals surface area contributed by atoms with Crippen LogP contribution < -0.4 is 16.7 Å². The zero-order chi connectivity index (χ0) is 12.7. The molecule has 4 heteroatoms. The van der Waals surface area contributed by atoms with Crippen molar-refractivity contribution in [2.45, 2.75) is 19.3 Å². The van der Waals surface area contributed by atoms with E-state index in [1.165, 1.54) is 4.68 Å². The molecule has 1 fully saturated rings. The Kier molecular flexibility index (Phi) is 2.59. The minimum atomic E-state index is -0.0556. The Balaban J connectivity index is 2.35. The highest BCUT2D eigenvalue weighted by atomic mass is 16.1. The lowest BCUT2D eigenvalue weighted by molar-refractivity contribution is 0.735. The van der Waals surface area contributed by atoms with E-state index in [1.54, 1.807) is 0 Å². The zero-order valence-electron chi connectivity index (χ0n) is 10.4. The third-order valence-corrected chi connectivity index (χ3v) is 3.89. The Labute approximate surface area is 105 Å². The number of pyridine rings is 1. The summed E-state index contributed by atoms with van der Waals surface area (Å²) in [5, 5.41) is 4.37. The molecule has 2 aromatic rings. The molecule has 1 aromatic carbocycles. The van der Waals surface area contributed by atoms with E-state index < -0.39 is 0 Å². The van der Waals surface area contributed by atoms with E-state index in [0.29, 0.717) is 0 Å². The van der Waals surface area contributed by atoms with Gasteiger partial charge in [-0.3, -0.25) is 4.79 Å². The summed E-state index contributed by atoms with van der Waals surface area (Å²) in [6, 6.07) is 7.80. The second-order valence-electron chi connectivity index (χ2n) is 4.92. The standard InChI is InChI=1S/C14H17N3O/c1-9-11-4-2-3-5-12(11)17(15)14(18)13(9)10-6-7-16-8-10/h2-5,10,16H,6-8,15H2,1H3. The van der Waals surface area contributed by atoms with Crippen LogP contribution in [0.15, 0.2) is 29.1 Å².